The molecule has 0 unspecified atom stereocenters. The summed E-state index contributed by atoms with van der Waals surface area (Å²) in [7, 11) is 0. The van der Waals surface area contributed by atoms with E-state index in [0.717, 1.165) is 13.0 Å². The number of nitrogens with zero attached hydrogens (tertiary/aromatic N) is 1. The van der Waals surface area contributed by atoms with Gasteiger partial charge in [0.2, 0.25) is 0 Å². The van der Waals surface area contributed by atoms with Crippen molar-refractivity contribution in [1.29, 1.82) is 0 Å². The second-order valence-corrected chi connectivity index (χ2v) is 5.20. The summed E-state index contributed by atoms with van der Waals surface area (Å²) in [4.78, 5) is 14.3. The second kappa shape index (κ2) is 7.94. The van der Waals surface area contributed by atoms with Crippen molar-refractivity contribution in [3.05, 3.63) is 34.3 Å². The Hall–Kier alpha value is -1.50. The number of carbonyl (C=O) groups is 1. The molecule has 4 heteroatoms. The highest BCUT2D eigenvalue weighted by atomic mass is 35.5. The van der Waals surface area contributed by atoms with Crippen LogP contribution in [-0.2, 0) is 0 Å². The first-order valence-electron chi connectivity index (χ1n) is 6.80. The summed E-state index contributed by atoms with van der Waals surface area (Å²) >= 11 is 6.16. The fraction of sp³-hybridized carbons (Fsp3) is 0.438. The van der Waals surface area contributed by atoms with E-state index in [1.165, 1.54) is 0 Å². The highest BCUT2D eigenvalue weighted by Gasteiger charge is 2.18. The predicted octanol–water partition coefficient (Wildman–Crippen LogP) is 2.91. The van der Waals surface area contributed by atoms with E-state index in [-0.39, 0.29) is 18.5 Å². The Morgan fingerprint density at radius 1 is 1.45 bits per heavy atom. The van der Waals surface area contributed by atoms with Crippen LogP contribution in [0, 0.1) is 11.8 Å². The monoisotopic (exact) mass is 292 g/mol. The Balaban J connectivity index is 3.02. The number of nitrogens with two attached hydrogens (primary N) is 1. The molecule has 0 fully saturated rings. The van der Waals surface area contributed by atoms with Crippen molar-refractivity contribution in [2.45, 2.75) is 33.2 Å². The third kappa shape index (κ3) is 4.26. The number of rotatable bonds is 4. The van der Waals surface area contributed by atoms with E-state index in [1.54, 1.807) is 18.2 Å². The molecule has 3 nitrogen and oxygen atoms in total. The number of hydrogen-bond donors (Lipinski definition) is 1. The minimum absolute atomic E-state index is 0.00193. The summed E-state index contributed by atoms with van der Waals surface area (Å²) in [6, 6.07) is 5.37. The average molecular weight is 293 g/mol. The van der Waals surface area contributed by atoms with E-state index in [2.05, 4.69) is 18.8 Å². The summed E-state index contributed by atoms with van der Waals surface area (Å²) in [6.07, 6.45) is 0.928. The van der Waals surface area contributed by atoms with Crippen LogP contribution in [0.3, 0.4) is 0 Å². The summed E-state index contributed by atoms with van der Waals surface area (Å²) in [5.41, 5.74) is 6.62. The maximum absolute atomic E-state index is 12.5. The van der Waals surface area contributed by atoms with Gasteiger partial charge in [0.05, 0.1) is 11.6 Å². The molecule has 0 bridgehead atoms. The zero-order valence-electron chi connectivity index (χ0n) is 12.2. The Labute approximate surface area is 126 Å². The number of benzene rings is 1. The lowest BCUT2D eigenvalue weighted by atomic mass is 10.1. The van der Waals surface area contributed by atoms with Crippen LogP contribution >= 0.6 is 11.6 Å². The summed E-state index contributed by atoms with van der Waals surface area (Å²) in [6.45, 7) is 7.10. The van der Waals surface area contributed by atoms with Gasteiger partial charge in [-0.2, -0.15) is 0 Å². The molecule has 0 aliphatic rings. The van der Waals surface area contributed by atoms with Crippen molar-refractivity contribution in [3.63, 3.8) is 0 Å². The van der Waals surface area contributed by atoms with Gasteiger partial charge >= 0.3 is 0 Å². The molecule has 2 N–H and O–H groups in total. The number of carbonyl (C=O) groups excluding carboxylic acids is 1. The Morgan fingerprint density at radius 3 is 2.65 bits per heavy atom. The normalized spacial score (nSPS) is 10.1. The van der Waals surface area contributed by atoms with Crippen LogP contribution in [0.4, 0.5) is 0 Å². The van der Waals surface area contributed by atoms with E-state index in [9.17, 15) is 4.79 Å². The molecule has 1 amide bonds. The SMILES string of the molecule is CCCN(C(=O)c1ccc(C#CCN)c(Cl)c1)C(C)C. The first-order chi connectivity index (χ1) is 9.51. The molecule has 0 radical (unpaired) electrons. The second-order valence-electron chi connectivity index (χ2n) is 4.79. The molecule has 0 heterocycles. The molecule has 0 saturated heterocycles. The van der Waals surface area contributed by atoms with Gasteiger partial charge in [-0.3, -0.25) is 4.79 Å². The van der Waals surface area contributed by atoms with Crippen molar-refractivity contribution < 1.29 is 4.79 Å². The molecule has 20 heavy (non-hydrogen) atoms. The number of halogens is 1. The highest BCUT2D eigenvalue weighted by Crippen LogP contribution is 2.19. The van der Waals surface area contributed by atoms with Gasteiger partial charge in [0.1, 0.15) is 0 Å². The molecule has 0 aliphatic heterocycles. The zero-order chi connectivity index (χ0) is 15.1. The van der Waals surface area contributed by atoms with Crippen molar-refractivity contribution in [1.82, 2.24) is 4.90 Å². The van der Waals surface area contributed by atoms with Gasteiger partial charge in [0, 0.05) is 23.7 Å². The van der Waals surface area contributed by atoms with Crippen LogP contribution in [0.5, 0.6) is 0 Å². The van der Waals surface area contributed by atoms with Crippen LogP contribution in [0.25, 0.3) is 0 Å². The smallest absolute Gasteiger partial charge is 0.254 e. The maximum Gasteiger partial charge on any atom is 0.254 e. The highest BCUT2D eigenvalue weighted by molar-refractivity contribution is 6.32. The fourth-order valence-corrected chi connectivity index (χ4v) is 2.12. The minimum Gasteiger partial charge on any atom is -0.336 e. The lowest BCUT2D eigenvalue weighted by Gasteiger charge is -2.26. The molecule has 0 atom stereocenters. The predicted molar refractivity (Wildman–Crippen MR) is 83.8 cm³/mol. The van der Waals surface area contributed by atoms with Crippen molar-refractivity contribution in [2.75, 3.05) is 13.1 Å². The topological polar surface area (TPSA) is 46.3 Å². The Morgan fingerprint density at radius 2 is 2.15 bits per heavy atom. The fourth-order valence-electron chi connectivity index (χ4n) is 1.90. The van der Waals surface area contributed by atoms with Crippen LogP contribution < -0.4 is 5.73 Å². The van der Waals surface area contributed by atoms with Crippen molar-refractivity contribution in [2.24, 2.45) is 5.73 Å². The quantitative estimate of drug-likeness (QED) is 0.867. The molecule has 0 saturated carbocycles. The summed E-state index contributed by atoms with van der Waals surface area (Å²) < 4.78 is 0. The molecule has 1 rings (SSSR count). The van der Waals surface area contributed by atoms with E-state index in [4.69, 9.17) is 17.3 Å². The zero-order valence-corrected chi connectivity index (χ0v) is 13.0. The van der Waals surface area contributed by atoms with Crippen LogP contribution in [0.15, 0.2) is 18.2 Å². The lowest BCUT2D eigenvalue weighted by Crippen LogP contribution is -2.37. The number of amides is 1. The van der Waals surface area contributed by atoms with Gasteiger partial charge in [-0.05, 0) is 38.5 Å². The van der Waals surface area contributed by atoms with Gasteiger partial charge in [-0.25, -0.2) is 0 Å². The van der Waals surface area contributed by atoms with Crippen LogP contribution in [-0.4, -0.2) is 29.9 Å². The third-order valence-electron chi connectivity index (χ3n) is 2.89. The van der Waals surface area contributed by atoms with Gasteiger partial charge in [-0.15, -0.1) is 0 Å². The molecule has 0 spiro atoms. The molecule has 1 aromatic carbocycles. The first kappa shape index (κ1) is 16.6. The van der Waals surface area contributed by atoms with Crippen LogP contribution in [0.2, 0.25) is 5.02 Å². The van der Waals surface area contributed by atoms with Gasteiger partial charge < -0.3 is 10.6 Å². The molecular formula is C16H21ClN2O. The van der Waals surface area contributed by atoms with Gasteiger partial charge in [0.25, 0.3) is 5.91 Å². The molecule has 0 aliphatic carbocycles. The average Bonchev–Trinajstić information content (AvgIpc) is 2.42. The summed E-state index contributed by atoms with van der Waals surface area (Å²) in [5, 5.41) is 0.483. The maximum atomic E-state index is 12.5. The first-order valence-corrected chi connectivity index (χ1v) is 7.18. The van der Waals surface area contributed by atoms with Crippen molar-refractivity contribution in [3.8, 4) is 11.8 Å². The number of hydrogen-bond acceptors (Lipinski definition) is 2. The van der Waals surface area contributed by atoms with E-state index < -0.39 is 0 Å². The Bertz CT molecular complexity index is 529. The largest absolute Gasteiger partial charge is 0.336 e. The van der Waals surface area contributed by atoms with Gasteiger partial charge in [0.15, 0.2) is 0 Å². The van der Waals surface area contributed by atoms with Crippen molar-refractivity contribution >= 4 is 17.5 Å². The molecule has 1 aromatic rings. The Kier molecular flexibility index (Phi) is 6.57. The minimum atomic E-state index is 0.00193. The van der Waals surface area contributed by atoms with E-state index >= 15 is 0 Å². The van der Waals surface area contributed by atoms with Gasteiger partial charge in [-0.1, -0.05) is 30.4 Å². The molecular weight excluding hydrogens is 272 g/mol. The van der Waals surface area contributed by atoms with Crippen LogP contribution in [0.1, 0.15) is 43.1 Å². The molecule has 108 valence electrons. The standard InChI is InChI=1S/C16H21ClN2O/c1-4-10-19(12(2)3)16(20)14-8-7-13(6-5-9-18)15(17)11-14/h7-8,11-12H,4,9-10,18H2,1-3H3. The van der Waals surface area contributed by atoms with E-state index in [1.807, 2.05) is 18.7 Å². The third-order valence-corrected chi connectivity index (χ3v) is 3.20. The molecule has 0 aromatic heterocycles. The summed E-state index contributed by atoms with van der Waals surface area (Å²) in [5.74, 6) is 5.64. The lowest BCUT2D eigenvalue weighted by molar-refractivity contribution is 0.0706. The van der Waals surface area contributed by atoms with E-state index in [0.29, 0.717) is 16.1 Å².